The quantitative estimate of drug-likeness (QED) is 0.918. The first kappa shape index (κ1) is 17.9. The highest BCUT2D eigenvalue weighted by molar-refractivity contribution is 8.00. The third-order valence-electron chi connectivity index (χ3n) is 4.00. The summed E-state index contributed by atoms with van der Waals surface area (Å²) in [5, 5.41) is 0.362. The molecule has 1 aromatic carbocycles. The van der Waals surface area contributed by atoms with E-state index in [1.807, 2.05) is 34.9 Å². The summed E-state index contributed by atoms with van der Waals surface area (Å²) in [4.78, 5) is 14.8. The van der Waals surface area contributed by atoms with Gasteiger partial charge >= 0.3 is 0 Å². The van der Waals surface area contributed by atoms with Crippen molar-refractivity contribution < 1.29 is 9.21 Å². The van der Waals surface area contributed by atoms with Gasteiger partial charge in [0.2, 0.25) is 0 Å². The molecule has 0 spiro atoms. The van der Waals surface area contributed by atoms with Crippen LogP contribution in [0.5, 0.6) is 0 Å². The largest absolute Gasteiger partial charge is 0.467 e. The molecule has 0 radical (unpaired) electrons. The number of rotatable bonds is 3. The van der Waals surface area contributed by atoms with Crippen LogP contribution in [0.25, 0.3) is 0 Å². The molecule has 3 rings (SSSR count). The summed E-state index contributed by atoms with van der Waals surface area (Å²) in [7, 11) is 0. The van der Waals surface area contributed by atoms with E-state index in [0.717, 1.165) is 12.3 Å². The Balaban J connectivity index is 0.00000192. The lowest BCUT2D eigenvalue weighted by Gasteiger charge is -2.39. The first-order valence-electron chi connectivity index (χ1n) is 7.45. The minimum Gasteiger partial charge on any atom is -0.467 e. The Labute approximate surface area is 146 Å². The summed E-state index contributed by atoms with van der Waals surface area (Å²) < 4.78 is 5.32. The molecule has 1 saturated heterocycles. The van der Waals surface area contributed by atoms with E-state index in [-0.39, 0.29) is 24.4 Å². The summed E-state index contributed by atoms with van der Waals surface area (Å²) in [6, 6.07) is 12.1. The number of nitrogens with zero attached hydrogens (tertiary/aromatic N) is 1. The lowest BCUT2D eigenvalue weighted by atomic mass is 10.0. The van der Waals surface area contributed by atoms with Crippen molar-refractivity contribution in [1.29, 1.82) is 0 Å². The van der Waals surface area contributed by atoms with Gasteiger partial charge in [0.05, 0.1) is 18.2 Å². The molecule has 0 bridgehead atoms. The average Bonchev–Trinajstić information content (AvgIpc) is 3.04. The molecule has 1 aliphatic heterocycles. The van der Waals surface area contributed by atoms with Crippen LogP contribution in [-0.2, 0) is 6.54 Å². The zero-order chi connectivity index (χ0) is 15.5. The van der Waals surface area contributed by atoms with Gasteiger partial charge in [0.25, 0.3) is 5.91 Å². The molecule has 6 heteroatoms. The van der Waals surface area contributed by atoms with Crippen molar-refractivity contribution in [3.63, 3.8) is 0 Å². The molecule has 2 atom stereocenters. The minimum absolute atomic E-state index is 0. The zero-order valence-corrected chi connectivity index (χ0v) is 14.6. The molecular formula is C17H21ClN2O2S. The van der Waals surface area contributed by atoms with Crippen molar-refractivity contribution in [3.8, 4) is 0 Å². The van der Waals surface area contributed by atoms with Crippen LogP contribution in [0, 0.1) is 0 Å². The molecule has 4 nitrogen and oxygen atoms in total. The van der Waals surface area contributed by atoms with E-state index in [1.165, 1.54) is 11.8 Å². The van der Waals surface area contributed by atoms with E-state index in [2.05, 4.69) is 19.1 Å². The van der Waals surface area contributed by atoms with Gasteiger partial charge in [-0.3, -0.25) is 4.79 Å². The summed E-state index contributed by atoms with van der Waals surface area (Å²) in [5.41, 5.74) is 7.32. The van der Waals surface area contributed by atoms with E-state index in [4.69, 9.17) is 10.2 Å². The molecule has 0 aliphatic carbocycles. The van der Waals surface area contributed by atoms with Crippen molar-refractivity contribution in [2.24, 2.45) is 5.73 Å². The second-order valence-electron chi connectivity index (χ2n) is 5.44. The Hall–Kier alpha value is -1.43. The second-order valence-corrected chi connectivity index (χ2v) is 6.92. The summed E-state index contributed by atoms with van der Waals surface area (Å²) in [5.74, 6) is 1.61. The number of hydrogen-bond donors (Lipinski definition) is 1. The van der Waals surface area contributed by atoms with E-state index in [0.29, 0.717) is 23.1 Å². The maximum absolute atomic E-state index is 12.9. The lowest BCUT2D eigenvalue weighted by molar-refractivity contribution is 0.0680. The third kappa shape index (κ3) is 3.74. The van der Waals surface area contributed by atoms with Gasteiger partial charge in [-0.15, -0.1) is 12.4 Å². The number of hydrogen-bond acceptors (Lipinski definition) is 4. The van der Waals surface area contributed by atoms with Gasteiger partial charge in [0, 0.05) is 17.5 Å². The van der Waals surface area contributed by atoms with E-state index < -0.39 is 0 Å². The van der Waals surface area contributed by atoms with Crippen LogP contribution in [0.1, 0.15) is 34.6 Å². The normalized spacial score (nSPS) is 20.9. The summed E-state index contributed by atoms with van der Waals surface area (Å²) >= 11 is 1.91. The maximum atomic E-state index is 12.9. The van der Waals surface area contributed by atoms with Gasteiger partial charge in [-0.2, -0.15) is 11.8 Å². The van der Waals surface area contributed by atoms with Crippen molar-refractivity contribution in [3.05, 3.63) is 59.5 Å². The van der Waals surface area contributed by atoms with Gasteiger partial charge < -0.3 is 15.1 Å². The van der Waals surface area contributed by atoms with Gasteiger partial charge in [0.15, 0.2) is 0 Å². The topological polar surface area (TPSA) is 59.5 Å². The Morgan fingerprint density at radius 2 is 2.13 bits per heavy atom. The van der Waals surface area contributed by atoms with Crippen LogP contribution in [-0.4, -0.2) is 28.4 Å². The molecule has 23 heavy (non-hydrogen) atoms. The monoisotopic (exact) mass is 352 g/mol. The van der Waals surface area contributed by atoms with Gasteiger partial charge in [-0.05, 0) is 11.6 Å². The van der Waals surface area contributed by atoms with Crippen LogP contribution in [0.4, 0.5) is 0 Å². The van der Waals surface area contributed by atoms with Crippen molar-refractivity contribution in [2.75, 3.05) is 12.3 Å². The molecule has 2 unspecified atom stereocenters. The van der Waals surface area contributed by atoms with Crippen LogP contribution in [0.15, 0.2) is 47.1 Å². The number of benzene rings is 1. The number of nitrogens with two attached hydrogens (primary N) is 1. The van der Waals surface area contributed by atoms with Gasteiger partial charge in [-0.1, -0.05) is 37.3 Å². The highest BCUT2D eigenvalue weighted by Crippen LogP contribution is 2.36. The SMILES string of the molecule is CC1SCCN(C(=O)c2coc(CN)c2)C1c1ccccc1.Cl. The zero-order valence-electron chi connectivity index (χ0n) is 13.0. The number of halogens is 1. The number of carbonyl (C=O) groups excluding carboxylic acids is 1. The summed E-state index contributed by atoms with van der Waals surface area (Å²) in [6.45, 7) is 3.24. The highest BCUT2D eigenvalue weighted by Gasteiger charge is 2.34. The van der Waals surface area contributed by atoms with E-state index >= 15 is 0 Å². The van der Waals surface area contributed by atoms with Gasteiger partial charge in [0.1, 0.15) is 12.0 Å². The van der Waals surface area contributed by atoms with Gasteiger partial charge in [-0.25, -0.2) is 0 Å². The Bertz CT molecular complexity index is 647. The fourth-order valence-electron chi connectivity index (χ4n) is 2.92. The fourth-order valence-corrected chi connectivity index (χ4v) is 4.08. The number of carbonyl (C=O) groups is 1. The molecule has 1 amide bonds. The first-order chi connectivity index (χ1) is 10.7. The number of furan rings is 1. The first-order valence-corrected chi connectivity index (χ1v) is 8.50. The molecular weight excluding hydrogens is 332 g/mol. The lowest BCUT2D eigenvalue weighted by Crippen LogP contribution is -2.43. The Morgan fingerprint density at radius 1 is 1.39 bits per heavy atom. The maximum Gasteiger partial charge on any atom is 0.257 e. The van der Waals surface area contributed by atoms with Crippen molar-refractivity contribution in [1.82, 2.24) is 4.90 Å². The van der Waals surface area contributed by atoms with Crippen LogP contribution >= 0.6 is 24.2 Å². The minimum atomic E-state index is 0. The van der Waals surface area contributed by atoms with E-state index in [9.17, 15) is 4.79 Å². The summed E-state index contributed by atoms with van der Waals surface area (Å²) in [6.07, 6.45) is 1.51. The van der Waals surface area contributed by atoms with Crippen molar-refractivity contribution in [2.45, 2.75) is 24.8 Å². The standard InChI is InChI=1S/C17H20N2O2S.ClH/c1-12-16(13-5-3-2-4-6-13)19(7-8-22-12)17(20)14-9-15(10-18)21-11-14;/h2-6,9,11-12,16H,7-8,10,18H2,1H3;1H. The molecule has 2 aromatic rings. The molecule has 1 aromatic heterocycles. The highest BCUT2D eigenvalue weighted by atomic mass is 35.5. The predicted molar refractivity (Wildman–Crippen MR) is 96.0 cm³/mol. The predicted octanol–water partition coefficient (Wildman–Crippen LogP) is 3.48. The molecule has 1 aliphatic rings. The fraction of sp³-hybridized carbons (Fsp3) is 0.353. The molecule has 124 valence electrons. The average molecular weight is 353 g/mol. The molecule has 0 saturated carbocycles. The van der Waals surface area contributed by atoms with Crippen molar-refractivity contribution >= 4 is 30.1 Å². The molecule has 1 fully saturated rings. The smallest absolute Gasteiger partial charge is 0.257 e. The Morgan fingerprint density at radius 3 is 2.78 bits per heavy atom. The Kier molecular flexibility index (Phi) is 6.16. The van der Waals surface area contributed by atoms with Crippen LogP contribution < -0.4 is 5.73 Å². The third-order valence-corrected chi connectivity index (χ3v) is 5.20. The number of thioether (sulfide) groups is 1. The number of amides is 1. The molecule has 2 heterocycles. The molecule has 2 N–H and O–H groups in total. The van der Waals surface area contributed by atoms with Crippen LogP contribution in [0.3, 0.4) is 0 Å². The van der Waals surface area contributed by atoms with E-state index in [1.54, 1.807) is 6.07 Å². The second kappa shape index (κ2) is 7.90. The van der Waals surface area contributed by atoms with Crippen LogP contribution in [0.2, 0.25) is 0 Å².